The van der Waals surface area contributed by atoms with E-state index in [9.17, 15) is 9.59 Å². The number of ether oxygens (including phenoxy) is 2. The highest BCUT2D eigenvalue weighted by molar-refractivity contribution is 5.81. The van der Waals surface area contributed by atoms with Crippen molar-refractivity contribution in [2.24, 2.45) is 0 Å². The van der Waals surface area contributed by atoms with Crippen molar-refractivity contribution in [3.8, 4) is 0 Å². The molecule has 0 unspecified atom stereocenters. The predicted molar refractivity (Wildman–Crippen MR) is 104 cm³/mol. The molecule has 1 aromatic carbocycles. The van der Waals surface area contributed by atoms with Crippen LogP contribution in [0.25, 0.3) is 6.08 Å². The second-order valence-corrected chi connectivity index (χ2v) is 7.21. The zero-order valence-electron chi connectivity index (χ0n) is 16.5. The smallest absolute Gasteiger partial charge is 0.408 e. The minimum Gasteiger partial charge on any atom is -0.467 e. The van der Waals surface area contributed by atoms with Gasteiger partial charge < -0.3 is 14.8 Å². The van der Waals surface area contributed by atoms with E-state index in [0.717, 1.165) is 12.0 Å². The lowest BCUT2D eigenvalue weighted by Crippen LogP contribution is -2.43. The van der Waals surface area contributed by atoms with E-state index >= 15 is 0 Å². The first-order chi connectivity index (χ1) is 12.2. The molecule has 0 bridgehead atoms. The lowest BCUT2D eigenvalue weighted by molar-refractivity contribution is -0.143. The molecular formula is C21H31NO4. The maximum Gasteiger partial charge on any atom is 0.408 e. The van der Waals surface area contributed by atoms with Crippen LogP contribution in [0.2, 0.25) is 0 Å². The van der Waals surface area contributed by atoms with Gasteiger partial charge in [0.05, 0.1) is 7.11 Å². The Hall–Kier alpha value is -2.30. The van der Waals surface area contributed by atoms with Crippen LogP contribution < -0.4 is 5.32 Å². The Labute approximate surface area is 156 Å². The Morgan fingerprint density at radius 1 is 1.19 bits per heavy atom. The molecule has 26 heavy (non-hydrogen) atoms. The Morgan fingerprint density at radius 2 is 1.85 bits per heavy atom. The molecule has 5 nitrogen and oxygen atoms in total. The highest BCUT2D eigenvalue weighted by Gasteiger charge is 2.23. The minimum atomic E-state index is -0.782. The Bertz CT molecular complexity index is 599. The summed E-state index contributed by atoms with van der Waals surface area (Å²) in [6.07, 6.45) is 6.92. The van der Waals surface area contributed by atoms with Crippen LogP contribution in [0.1, 0.15) is 58.1 Å². The van der Waals surface area contributed by atoms with E-state index in [4.69, 9.17) is 9.47 Å². The number of benzene rings is 1. The van der Waals surface area contributed by atoms with Crippen LogP contribution in [0.5, 0.6) is 0 Å². The van der Waals surface area contributed by atoms with Gasteiger partial charge in [-0.15, -0.1) is 0 Å². The lowest BCUT2D eigenvalue weighted by atomic mass is 10.1. The van der Waals surface area contributed by atoms with Crippen molar-refractivity contribution in [1.82, 2.24) is 5.32 Å². The molecule has 0 heterocycles. The summed E-state index contributed by atoms with van der Waals surface area (Å²) in [5, 5.41) is 2.56. The van der Waals surface area contributed by atoms with Crippen LogP contribution in [0.4, 0.5) is 4.79 Å². The summed E-state index contributed by atoms with van der Waals surface area (Å²) >= 11 is 0. The third-order valence-electron chi connectivity index (χ3n) is 3.66. The van der Waals surface area contributed by atoms with Gasteiger partial charge in [0.25, 0.3) is 0 Å². The van der Waals surface area contributed by atoms with Gasteiger partial charge in [-0.25, -0.2) is 9.59 Å². The van der Waals surface area contributed by atoms with Gasteiger partial charge in [0.1, 0.15) is 11.6 Å². The fraction of sp³-hybridized carbons (Fsp3) is 0.524. The van der Waals surface area contributed by atoms with Gasteiger partial charge >= 0.3 is 12.1 Å². The van der Waals surface area contributed by atoms with Gasteiger partial charge in [-0.1, -0.05) is 49.8 Å². The summed E-state index contributed by atoms with van der Waals surface area (Å²) in [6, 6.07) is 7.55. The SMILES string of the molecule is CCCCc1ccc(/C=C/C[C@H](NC(=O)OC(C)(C)C)C(=O)OC)cc1. The molecule has 0 fully saturated rings. The van der Waals surface area contributed by atoms with Crippen LogP contribution in [0, 0.1) is 0 Å². The fourth-order valence-electron chi connectivity index (χ4n) is 2.32. The number of methoxy groups -OCH3 is 1. The number of carbonyl (C=O) groups excluding carboxylic acids is 2. The van der Waals surface area contributed by atoms with Gasteiger partial charge in [-0.3, -0.25) is 0 Å². The maximum absolute atomic E-state index is 11.9. The van der Waals surface area contributed by atoms with Gasteiger partial charge in [-0.2, -0.15) is 0 Å². The molecule has 0 aliphatic carbocycles. The first kappa shape index (κ1) is 21.7. The maximum atomic E-state index is 11.9. The van der Waals surface area contributed by atoms with Crippen molar-refractivity contribution in [3.63, 3.8) is 0 Å². The average Bonchev–Trinajstić information content (AvgIpc) is 2.57. The normalized spacial score (nSPS) is 12.7. The molecule has 1 aromatic rings. The molecule has 1 N–H and O–H groups in total. The molecule has 1 atom stereocenters. The molecular weight excluding hydrogens is 330 g/mol. The van der Waals surface area contributed by atoms with E-state index in [-0.39, 0.29) is 0 Å². The van der Waals surface area contributed by atoms with E-state index < -0.39 is 23.7 Å². The Balaban J connectivity index is 2.64. The number of unbranched alkanes of at least 4 members (excludes halogenated alkanes) is 1. The molecule has 144 valence electrons. The number of aryl methyl sites for hydroxylation is 1. The second kappa shape index (κ2) is 10.6. The van der Waals surface area contributed by atoms with Crippen LogP contribution >= 0.6 is 0 Å². The number of rotatable bonds is 8. The van der Waals surface area contributed by atoms with Gasteiger partial charge in [0.2, 0.25) is 0 Å². The van der Waals surface area contributed by atoms with Crippen molar-refractivity contribution >= 4 is 18.1 Å². The summed E-state index contributed by atoms with van der Waals surface area (Å²) in [5.41, 5.74) is 1.74. The van der Waals surface area contributed by atoms with E-state index in [1.165, 1.54) is 25.5 Å². The van der Waals surface area contributed by atoms with Crippen LogP contribution in [0.3, 0.4) is 0 Å². The Kier molecular flexibility index (Phi) is 8.90. The van der Waals surface area contributed by atoms with E-state index in [1.54, 1.807) is 20.8 Å². The topological polar surface area (TPSA) is 64.6 Å². The number of esters is 1. The van der Waals surface area contributed by atoms with Crippen LogP contribution in [-0.4, -0.2) is 30.8 Å². The van der Waals surface area contributed by atoms with E-state index in [0.29, 0.717) is 6.42 Å². The third kappa shape index (κ3) is 8.70. The predicted octanol–water partition coefficient (Wildman–Crippen LogP) is 4.50. The zero-order valence-corrected chi connectivity index (χ0v) is 16.5. The number of carbonyl (C=O) groups is 2. The number of nitrogens with one attached hydrogen (secondary N) is 1. The van der Waals surface area contributed by atoms with Gasteiger partial charge in [0.15, 0.2) is 0 Å². The van der Waals surface area contributed by atoms with E-state index in [2.05, 4.69) is 36.5 Å². The molecule has 5 heteroatoms. The van der Waals surface area contributed by atoms with Gasteiger partial charge in [-0.05, 0) is 51.2 Å². The molecule has 0 aliphatic heterocycles. The Morgan fingerprint density at radius 3 is 2.38 bits per heavy atom. The average molecular weight is 361 g/mol. The summed E-state index contributed by atoms with van der Waals surface area (Å²) in [6.45, 7) is 7.48. The van der Waals surface area contributed by atoms with E-state index in [1.807, 2.05) is 12.2 Å². The van der Waals surface area contributed by atoms with Gasteiger partial charge in [0, 0.05) is 0 Å². The standard InChI is InChI=1S/C21H31NO4/c1-6-7-9-16-12-14-17(15-13-16)10-8-11-18(19(23)25-5)22-20(24)26-21(2,3)4/h8,10,12-15,18H,6-7,9,11H2,1-5H3,(H,22,24)/b10-8+/t18-/m0/s1. The number of alkyl carbamates (subject to hydrolysis) is 1. The second-order valence-electron chi connectivity index (χ2n) is 7.21. The number of hydrogen-bond donors (Lipinski definition) is 1. The highest BCUT2D eigenvalue weighted by Crippen LogP contribution is 2.11. The van der Waals surface area contributed by atoms with Crippen LogP contribution in [-0.2, 0) is 20.7 Å². The molecule has 0 spiro atoms. The third-order valence-corrected chi connectivity index (χ3v) is 3.66. The summed E-state index contributed by atoms with van der Waals surface area (Å²) in [4.78, 5) is 23.8. The summed E-state index contributed by atoms with van der Waals surface area (Å²) < 4.78 is 9.95. The largest absolute Gasteiger partial charge is 0.467 e. The zero-order chi connectivity index (χ0) is 19.6. The molecule has 1 rings (SSSR count). The first-order valence-electron chi connectivity index (χ1n) is 9.08. The monoisotopic (exact) mass is 361 g/mol. The molecule has 0 aliphatic rings. The molecule has 0 radical (unpaired) electrons. The lowest BCUT2D eigenvalue weighted by Gasteiger charge is -2.22. The molecule has 0 saturated carbocycles. The first-order valence-corrected chi connectivity index (χ1v) is 9.08. The van der Waals surface area contributed by atoms with Crippen molar-refractivity contribution in [2.45, 2.75) is 65.0 Å². The molecule has 0 aromatic heterocycles. The van der Waals surface area contributed by atoms with Crippen molar-refractivity contribution in [2.75, 3.05) is 7.11 Å². The van der Waals surface area contributed by atoms with Crippen molar-refractivity contribution < 1.29 is 19.1 Å². The van der Waals surface area contributed by atoms with Crippen molar-refractivity contribution in [3.05, 3.63) is 41.5 Å². The number of amides is 1. The van der Waals surface area contributed by atoms with Crippen molar-refractivity contribution in [1.29, 1.82) is 0 Å². The highest BCUT2D eigenvalue weighted by atomic mass is 16.6. The summed E-state index contributed by atoms with van der Waals surface area (Å²) in [5.74, 6) is -0.504. The van der Waals surface area contributed by atoms with Crippen LogP contribution in [0.15, 0.2) is 30.3 Å². The molecule has 1 amide bonds. The molecule has 0 saturated heterocycles. The quantitative estimate of drug-likeness (QED) is 0.693. The minimum absolute atomic E-state index is 0.323. The fourth-order valence-corrected chi connectivity index (χ4v) is 2.32. The number of hydrogen-bond acceptors (Lipinski definition) is 4. The summed E-state index contributed by atoms with van der Waals surface area (Å²) in [7, 11) is 1.30.